The molecule has 0 aliphatic carbocycles. The smallest absolute Gasteiger partial charge is 0.170 e. The number of hydrogen-bond acceptors (Lipinski definition) is 4. The van der Waals surface area contributed by atoms with Gasteiger partial charge in [0, 0.05) is 29.7 Å². The van der Waals surface area contributed by atoms with E-state index < -0.39 is 0 Å². The predicted octanol–water partition coefficient (Wildman–Crippen LogP) is 3.58. The molecule has 5 rings (SSSR count). The van der Waals surface area contributed by atoms with Gasteiger partial charge < -0.3 is 10.2 Å². The van der Waals surface area contributed by atoms with Gasteiger partial charge in [-0.25, -0.2) is 4.68 Å². The minimum atomic E-state index is -0.0488. The molecule has 156 valence electrons. The second kappa shape index (κ2) is 7.96. The van der Waals surface area contributed by atoms with Crippen LogP contribution in [0.4, 0.5) is 0 Å². The molecule has 1 aliphatic rings. The van der Waals surface area contributed by atoms with Crippen LogP contribution in [0.15, 0.2) is 73.4 Å². The van der Waals surface area contributed by atoms with Crippen LogP contribution in [0, 0.1) is 13.8 Å². The Kier molecular flexibility index (Phi) is 4.99. The number of thiocarbonyl (C=S) groups is 1. The van der Waals surface area contributed by atoms with Gasteiger partial charge >= 0.3 is 0 Å². The number of pyridine rings is 1. The Morgan fingerprint density at radius 3 is 2.45 bits per heavy atom. The molecular formula is C23H23N7S. The lowest BCUT2D eigenvalue weighted by atomic mass is 9.96. The Hall–Kier alpha value is -3.52. The van der Waals surface area contributed by atoms with Crippen molar-refractivity contribution in [2.75, 3.05) is 0 Å². The molecule has 3 aromatic heterocycles. The van der Waals surface area contributed by atoms with E-state index in [-0.39, 0.29) is 12.1 Å². The fraction of sp³-hybridized carbons (Fsp3) is 0.217. The first kappa shape index (κ1) is 19.4. The minimum Gasteiger partial charge on any atom is -0.352 e. The van der Waals surface area contributed by atoms with Crippen LogP contribution in [-0.2, 0) is 6.54 Å². The number of hydrogen-bond donors (Lipinski definition) is 1. The van der Waals surface area contributed by atoms with Crippen molar-refractivity contribution >= 4 is 17.3 Å². The normalized spacial score (nSPS) is 18.4. The highest BCUT2D eigenvalue weighted by Gasteiger charge is 2.41. The third-order valence-electron chi connectivity index (χ3n) is 5.78. The first-order valence-electron chi connectivity index (χ1n) is 10.2. The standard InChI is InChI=1S/C23H23N7S/c1-16-12-19(17(2)30(16)28-14-25-26-15-28)22-21(20-10-6-7-11-24-20)27-23(31)29(22)13-18-8-4-3-5-9-18/h3-12,14-15,21-22H,13H2,1-2H3,(H,27,31)/t21-,22-/m1/s1. The van der Waals surface area contributed by atoms with Crippen LogP contribution in [0.3, 0.4) is 0 Å². The van der Waals surface area contributed by atoms with E-state index in [1.807, 2.05) is 29.1 Å². The molecule has 0 bridgehead atoms. The van der Waals surface area contributed by atoms with Crippen LogP contribution in [0.1, 0.15) is 40.3 Å². The lowest BCUT2D eigenvalue weighted by molar-refractivity contribution is 0.309. The van der Waals surface area contributed by atoms with E-state index in [1.54, 1.807) is 12.7 Å². The molecular weight excluding hydrogens is 406 g/mol. The van der Waals surface area contributed by atoms with Gasteiger partial charge in [0.1, 0.15) is 12.7 Å². The van der Waals surface area contributed by atoms with Crippen LogP contribution in [-0.4, -0.2) is 34.5 Å². The third kappa shape index (κ3) is 3.48. The first-order valence-corrected chi connectivity index (χ1v) is 10.6. The molecule has 0 radical (unpaired) electrons. The highest BCUT2D eigenvalue weighted by molar-refractivity contribution is 7.80. The molecule has 1 aromatic carbocycles. The molecule has 0 amide bonds. The molecule has 4 heterocycles. The number of aromatic nitrogens is 5. The summed E-state index contributed by atoms with van der Waals surface area (Å²) in [7, 11) is 0. The molecule has 1 N–H and O–H groups in total. The fourth-order valence-corrected chi connectivity index (χ4v) is 4.73. The summed E-state index contributed by atoms with van der Waals surface area (Å²) < 4.78 is 4.01. The highest BCUT2D eigenvalue weighted by atomic mass is 32.1. The zero-order valence-corrected chi connectivity index (χ0v) is 18.2. The number of nitrogens with one attached hydrogen (secondary N) is 1. The summed E-state index contributed by atoms with van der Waals surface area (Å²) in [6, 6.07) is 18.6. The SMILES string of the molecule is Cc1cc([C@@H]2[C@@H](c3ccccn3)NC(=S)N2Cc2ccccc2)c(C)n1-n1cnnc1. The molecule has 0 saturated carbocycles. The van der Waals surface area contributed by atoms with Gasteiger partial charge in [-0.2, -0.15) is 0 Å². The van der Waals surface area contributed by atoms with Crippen molar-refractivity contribution in [2.24, 2.45) is 0 Å². The van der Waals surface area contributed by atoms with Gasteiger partial charge in [-0.1, -0.05) is 36.4 Å². The van der Waals surface area contributed by atoms with Crippen LogP contribution in [0.25, 0.3) is 0 Å². The van der Waals surface area contributed by atoms with E-state index >= 15 is 0 Å². The predicted molar refractivity (Wildman–Crippen MR) is 122 cm³/mol. The van der Waals surface area contributed by atoms with E-state index in [4.69, 9.17) is 12.2 Å². The second-order valence-electron chi connectivity index (χ2n) is 7.72. The maximum atomic E-state index is 5.81. The summed E-state index contributed by atoms with van der Waals surface area (Å²) in [6.07, 6.45) is 5.25. The van der Waals surface area contributed by atoms with Gasteiger partial charge in [0.2, 0.25) is 0 Å². The van der Waals surface area contributed by atoms with Crippen molar-refractivity contribution in [3.05, 3.63) is 102 Å². The molecule has 31 heavy (non-hydrogen) atoms. The minimum absolute atomic E-state index is 0.000892. The molecule has 0 spiro atoms. The Morgan fingerprint density at radius 1 is 1.00 bits per heavy atom. The number of rotatable bonds is 5. The maximum Gasteiger partial charge on any atom is 0.170 e. The van der Waals surface area contributed by atoms with Crippen molar-refractivity contribution in [2.45, 2.75) is 32.5 Å². The summed E-state index contributed by atoms with van der Waals surface area (Å²) in [5.74, 6) is 0. The van der Waals surface area contributed by atoms with Crippen LogP contribution < -0.4 is 5.32 Å². The Balaban J connectivity index is 1.62. The van der Waals surface area contributed by atoms with Crippen LogP contribution in [0.2, 0.25) is 0 Å². The van der Waals surface area contributed by atoms with Crippen LogP contribution in [0.5, 0.6) is 0 Å². The van der Waals surface area contributed by atoms with E-state index in [0.717, 1.165) is 28.7 Å². The molecule has 7 nitrogen and oxygen atoms in total. The van der Waals surface area contributed by atoms with Gasteiger partial charge in [0.05, 0.1) is 17.8 Å². The van der Waals surface area contributed by atoms with Crippen molar-refractivity contribution in [3.8, 4) is 0 Å². The molecule has 1 aliphatic heterocycles. The topological polar surface area (TPSA) is 63.8 Å². The van der Waals surface area contributed by atoms with Crippen molar-refractivity contribution in [1.29, 1.82) is 0 Å². The zero-order chi connectivity index (χ0) is 21.4. The Labute approximate surface area is 186 Å². The summed E-state index contributed by atoms with van der Waals surface area (Å²) in [6.45, 7) is 4.94. The fourth-order valence-electron chi connectivity index (χ4n) is 4.43. The van der Waals surface area contributed by atoms with E-state index in [2.05, 4.69) is 80.3 Å². The Morgan fingerprint density at radius 2 is 1.74 bits per heavy atom. The van der Waals surface area contributed by atoms with Crippen molar-refractivity contribution in [3.63, 3.8) is 0 Å². The van der Waals surface area contributed by atoms with Crippen molar-refractivity contribution < 1.29 is 0 Å². The molecule has 8 heteroatoms. The Bertz CT molecular complexity index is 1190. The molecule has 1 saturated heterocycles. The second-order valence-corrected chi connectivity index (χ2v) is 8.11. The largest absolute Gasteiger partial charge is 0.352 e. The number of benzene rings is 1. The van der Waals surface area contributed by atoms with E-state index in [0.29, 0.717) is 0 Å². The van der Waals surface area contributed by atoms with Gasteiger partial charge in [-0.05, 0) is 49.8 Å². The highest BCUT2D eigenvalue weighted by Crippen LogP contribution is 2.41. The summed E-state index contributed by atoms with van der Waals surface area (Å²) in [4.78, 5) is 6.91. The number of nitrogens with zero attached hydrogens (tertiary/aromatic N) is 6. The molecule has 0 unspecified atom stereocenters. The lowest BCUT2D eigenvalue weighted by Crippen LogP contribution is -2.29. The monoisotopic (exact) mass is 429 g/mol. The van der Waals surface area contributed by atoms with Gasteiger partial charge in [0.15, 0.2) is 5.11 Å². The van der Waals surface area contributed by atoms with Gasteiger partial charge in [-0.15, -0.1) is 10.2 Å². The van der Waals surface area contributed by atoms with E-state index in [1.165, 1.54) is 11.1 Å². The maximum absolute atomic E-state index is 5.81. The average molecular weight is 430 g/mol. The van der Waals surface area contributed by atoms with Gasteiger partial charge in [-0.3, -0.25) is 9.66 Å². The molecule has 2 atom stereocenters. The summed E-state index contributed by atoms with van der Waals surface area (Å²) in [5, 5.41) is 12.2. The first-order chi connectivity index (χ1) is 15.1. The molecule has 1 fully saturated rings. The average Bonchev–Trinajstić information content (AvgIpc) is 3.49. The van der Waals surface area contributed by atoms with Gasteiger partial charge in [0.25, 0.3) is 0 Å². The molecule has 4 aromatic rings. The van der Waals surface area contributed by atoms with Crippen molar-refractivity contribution in [1.82, 2.24) is 34.8 Å². The van der Waals surface area contributed by atoms with Crippen LogP contribution >= 0.6 is 12.2 Å². The van der Waals surface area contributed by atoms with E-state index in [9.17, 15) is 0 Å². The summed E-state index contributed by atoms with van der Waals surface area (Å²) in [5.41, 5.74) is 5.60. The lowest BCUT2D eigenvalue weighted by Gasteiger charge is -2.28. The summed E-state index contributed by atoms with van der Waals surface area (Å²) >= 11 is 5.81. The zero-order valence-electron chi connectivity index (χ0n) is 17.4. The quantitative estimate of drug-likeness (QED) is 0.490. The number of aryl methyl sites for hydroxylation is 1. The third-order valence-corrected chi connectivity index (χ3v) is 6.14.